The van der Waals surface area contributed by atoms with Crippen molar-refractivity contribution in [3.05, 3.63) is 35.5 Å². The number of carbonyl (C=O) groups is 1. The van der Waals surface area contributed by atoms with E-state index in [1.807, 2.05) is 18.2 Å². The second-order valence-corrected chi connectivity index (χ2v) is 7.17. The molecule has 0 atom stereocenters. The van der Waals surface area contributed by atoms with Gasteiger partial charge < -0.3 is 10.6 Å². The topological polar surface area (TPSA) is 66.9 Å². The zero-order valence-electron chi connectivity index (χ0n) is 13.8. The van der Waals surface area contributed by atoms with Gasteiger partial charge in [-0.3, -0.25) is 9.78 Å². The summed E-state index contributed by atoms with van der Waals surface area (Å²) in [5.74, 6) is -0.0580. The molecule has 128 valence electrons. The van der Waals surface area contributed by atoms with Crippen molar-refractivity contribution in [3.63, 3.8) is 0 Å². The molecule has 0 aliphatic heterocycles. The van der Waals surface area contributed by atoms with Crippen LogP contribution in [0.5, 0.6) is 0 Å². The van der Waals surface area contributed by atoms with Gasteiger partial charge in [0.25, 0.3) is 5.91 Å². The van der Waals surface area contributed by atoms with Gasteiger partial charge in [-0.05, 0) is 25.0 Å². The first-order valence-corrected chi connectivity index (χ1v) is 9.53. The molecule has 5 nitrogen and oxygen atoms in total. The molecule has 0 aromatic carbocycles. The predicted molar refractivity (Wildman–Crippen MR) is 97.2 cm³/mol. The van der Waals surface area contributed by atoms with Crippen molar-refractivity contribution in [1.82, 2.24) is 20.6 Å². The van der Waals surface area contributed by atoms with Gasteiger partial charge in [-0.25, -0.2) is 4.98 Å². The van der Waals surface area contributed by atoms with Crippen LogP contribution in [-0.4, -0.2) is 35.0 Å². The van der Waals surface area contributed by atoms with Crippen molar-refractivity contribution in [3.8, 4) is 10.7 Å². The number of nitrogens with zero attached hydrogens (tertiary/aromatic N) is 2. The Bertz CT molecular complexity index is 635. The minimum absolute atomic E-state index is 0.0580. The molecule has 0 radical (unpaired) electrons. The van der Waals surface area contributed by atoms with Crippen molar-refractivity contribution in [1.29, 1.82) is 0 Å². The van der Waals surface area contributed by atoms with E-state index in [1.165, 1.54) is 49.9 Å². The molecule has 3 rings (SSSR count). The average molecular weight is 344 g/mol. The molecular formula is C18H24N4OS. The van der Waals surface area contributed by atoms with Crippen molar-refractivity contribution in [2.24, 2.45) is 0 Å². The van der Waals surface area contributed by atoms with Crippen LogP contribution in [0.2, 0.25) is 0 Å². The van der Waals surface area contributed by atoms with E-state index in [4.69, 9.17) is 0 Å². The van der Waals surface area contributed by atoms with Crippen LogP contribution in [0.15, 0.2) is 30.6 Å². The second kappa shape index (κ2) is 8.89. The predicted octanol–water partition coefficient (Wildman–Crippen LogP) is 3.25. The number of aromatic nitrogens is 2. The van der Waals surface area contributed by atoms with Crippen LogP contribution in [0.4, 0.5) is 0 Å². The van der Waals surface area contributed by atoms with Crippen LogP contribution < -0.4 is 10.6 Å². The molecule has 2 aromatic heterocycles. The zero-order valence-corrected chi connectivity index (χ0v) is 14.6. The number of nitrogens with one attached hydrogen (secondary N) is 2. The second-order valence-electron chi connectivity index (χ2n) is 6.14. The van der Waals surface area contributed by atoms with Gasteiger partial charge in [-0.2, -0.15) is 0 Å². The lowest BCUT2D eigenvalue weighted by molar-refractivity contribution is 0.0957. The molecule has 1 aliphatic rings. The number of amides is 1. The highest BCUT2D eigenvalue weighted by molar-refractivity contribution is 7.16. The summed E-state index contributed by atoms with van der Waals surface area (Å²) < 4.78 is 0. The van der Waals surface area contributed by atoms with Crippen LogP contribution in [0.3, 0.4) is 0 Å². The molecule has 1 fully saturated rings. The molecule has 0 saturated heterocycles. The highest BCUT2D eigenvalue weighted by Gasteiger charge is 2.13. The molecule has 0 unspecified atom stereocenters. The fourth-order valence-electron chi connectivity index (χ4n) is 3.01. The fraction of sp³-hybridized carbons (Fsp3) is 0.500. The van der Waals surface area contributed by atoms with E-state index in [2.05, 4.69) is 20.6 Å². The summed E-state index contributed by atoms with van der Waals surface area (Å²) in [6.07, 6.45) is 11.2. The van der Waals surface area contributed by atoms with E-state index in [0.29, 0.717) is 17.5 Å². The van der Waals surface area contributed by atoms with E-state index in [-0.39, 0.29) is 5.91 Å². The number of carbonyl (C=O) groups excluding carboxylic acids is 1. The normalized spacial score (nSPS) is 15.8. The third-order valence-electron chi connectivity index (χ3n) is 4.31. The number of pyridine rings is 1. The molecule has 2 N–H and O–H groups in total. The van der Waals surface area contributed by atoms with Gasteiger partial charge in [0.1, 0.15) is 9.88 Å². The van der Waals surface area contributed by atoms with E-state index in [9.17, 15) is 4.79 Å². The van der Waals surface area contributed by atoms with Crippen LogP contribution in [0.25, 0.3) is 10.7 Å². The lowest BCUT2D eigenvalue weighted by atomic mass is 10.1. The molecule has 1 saturated carbocycles. The molecule has 0 spiro atoms. The number of hydrogen-bond donors (Lipinski definition) is 2. The lowest BCUT2D eigenvalue weighted by Crippen LogP contribution is -2.36. The Hall–Kier alpha value is -1.79. The maximum atomic E-state index is 12.2. The van der Waals surface area contributed by atoms with Crippen molar-refractivity contribution in [2.75, 3.05) is 13.1 Å². The average Bonchev–Trinajstić information content (AvgIpc) is 2.97. The third-order valence-corrected chi connectivity index (χ3v) is 5.33. The third kappa shape index (κ3) is 4.85. The Morgan fingerprint density at radius 2 is 1.96 bits per heavy atom. The maximum Gasteiger partial charge on any atom is 0.263 e. The summed E-state index contributed by atoms with van der Waals surface area (Å²) >= 11 is 1.38. The number of hydrogen-bond acceptors (Lipinski definition) is 5. The van der Waals surface area contributed by atoms with Crippen molar-refractivity contribution < 1.29 is 4.79 Å². The summed E-state index contributed by atoms with van der Waals surface area (Å²) in [7, 11) is 0. The van der Waals surface area contributed by atoms with Crippen LogP contribution in [0.1, 0.15) is 48.2 Å². The molecule has 24 heavy (non-hydrogen) atoms. The molecule has 1 amide bonds. The lowest BCUT2D eigenvalue weighted by Gasteiger charge is -2.16. The van der Waals surface area contributed by atoms with E-state index < -0.39 is 0 Å². The van der Waals surface area contributed by atoms with Gasteiger partial charge in [0.2, 0.25) is 0 Å². The van der Waals surface area contributed by atoms with Crippen molar-refractivity contribution >= 4 is 17.2 Å². The highest BCUT2D eigenvalue weighted by atomic mass is 32.1. The summed E-state index contributed by atoms with van der Waals surface area (Å²) in [5.41, 5.74) is 0.802. The van der Waals surface area contributed by atoms with E-state index >= 15 is 0 Å². The van der Waals surface area contributed by atoms with Gasteiger partial charge in [0, 0.05) is 25.3 Å². The first-order chi connectivity index (χ1) is 11.8. The molecule has 6 heteroatoms. The fourth-order valence-corrected chi connectivity index (χ4v) is 3.82. The summed E-state index contributed by atoms with van der Waals surface area (Å²) in [6, 6.07) is 6.30. The minimum atomic E-state index is -0.0580. The van der Waals surface area contributed by atoms with E-state index in [0.717, 1.165) is 17.2 Å². The Morgan fingerprint density at radius 1 is 1.12 bits per heavy atom. The Labute approximate surface area is 146 Å². The first-order valence-electron chi connectivity index (χ1n) is 8.72. The Kier molecular flexibility index (Phi) is 6.32. The quantitative estimate of drug-likeness (QED) is 0.623. The SMILES string of the molecule is O=C(NCCNC1CCCCCC1)c1cnc(-c2ccccn2)s1. The van der Waals surface area contributed by atoms with Gasteiger partial charge in [-0.1, -0.05) is 31.7 Å². The molecule has 1 aliphatic carbocycles. The zero-order chi connectivity index (χ0) is 16.6. The largest absolute Gasteiger partial charge is 0.350 e. The van der Waals surface area contributed by atoms with Gasteiger partial charge >= 0.3 is 0 Å². The van der Waals surface area contributed by atoms with Crippen LogP contribution >= 0.6 is 11.3 Å². The van der Waals surface area contributed by atoms with Crippen LogP contribution in [0, 0.1) is 0 Å². The van der Waals surface area contributed by atoms with Gasteiger partial charge in [-0.15, -0.1) is 11.3 Å². The molecule has 2 heterocycles. The molecular weight excluding hydrogens is 320 g/mol. The van der Waals surface area contributed by atoms with Gasteiger partial charge in [0.15, 0.2) is 0 Å². The summed E-state index contributed by atoms with van der Waals surface area (Å²) in [6.45, 7) is 1.47. The monoisotopic (exact) mass is 344 g/mol. The number of thiazole rings is 1. The smallest absolute Gasteiger partial charge is 0.263 e. The maximum absolute atomic E-state index is 12.2. The number of rotatable bonds is 6. The van der Waals surface area contributed by atoms with E-state index in [1.54, 1.807) is 12.4 Å². The minimum Gasteiger partial charge on any atom is -0.350 e. The van der Waals surface area contributed by atoms with Crippen LogP contribution in [-0.2, 0) is 0 Å². The standard InChI is InChI=1S/C18H24N4OS/c23-17(21-12-11-19-14-7-3-1-2-4-8-14)16-13-22-18(24-16)15-9-5-6-10-20-15/h5-6,9-10,13-14,19H,1-4,7-8,11-12H2,(H,21,23). The highest BCUT2D eigenvalue weighted by Crippen LogP contribution is 2.22. The first kappa shape index (κ1) is 17.0. The summed E-state index contributed by atoms with van der Waals surface area (Å²) in [4.78, 5) is 21.4. The van der Waals surface area contributed by atoms with Crippen molar-refractivity contribution in [2.45, 2.75) is 44.6 Å². The Balaban J connectivity index is 1.43. The molecule has 2 aromatic rings. The van der Waals surface area contributed by atoms with Gasteiger partial charge in [0.05, 0.1) is 11.9 Å². The Morgan fingerprint density at radius 3 is 2.71 bits per heavy atom. The summed E-state index contributed by atoms with van der Waals surface area (Å²) in [5, 5.41) is 7.31. The molecule has 0 bridgehead atoms.